The van der Waals surface area contributed by atoms with E-state index < -0.39 is 18.6 Å². The number of alkyl halides is 2. The third-order valence-electron chi connectivity index (χ3n) is 3.05. The molecule has 4 nitrogen and oxygen atoms in total. The number of rotatable bonds is 3. The Balaban J connectivity index is 2.49. The summed E-state index contributed by atoms with van der Waals surface area (Å²) in [5, 5.41) is 0. The van der Waals surface area contributed by atoms with Crippen molar-refractivity contribution in [3.05, 3.63) is 29.3 Å². The van der Waals surface area contributed by atoms with Crippen LogP contribution in [0, 0.1) is 0 Å². The SMILES string of the molecule is CCCc1ccc(N)cc1C1N=C(N)OCC1(F)F. The van der Waals surface area contributed by atoms with Crippen LogP contribution in [-0.4, -0.2) is 18.6 Å². The second-order valence-corrected chi connectivity index (χ2v) is 4.63. The number of amidine groups is 1. The van der Waals surface area contributed by atoms with E-state index in [4.69, 9.17) is 11.5 Å². The molecule has 1 atom stereocenters. The number of halogens is 2. The number of hydrogen-bond acceptors (Lipinski definition) is 4. The first-order chi connectivity index (χ1) is 8.94. The quantitative estimate of drug-likeness (QED) is 0.826. The number of aliphatic imine (C=N–C) groups is 1. The van der Waals surface area contributed by atoms with Crippen molar-refractivity contribution < 1.29 is 13.5 Å². The van der Waals surface area contributed by atoms with E-state index in [-0.39, 0.29) is 6.02 Å². The molecule has 0 aliphatic carbocycles. The first kappa shape index (κ1) is 13.6. The number of hydrogen-bond donors (Lipinski definition) is 2. The van der Waals surface area contributed by atoms with Gasteiger partial charge < -0.3 is 16.2 Å². The van der Waals surface area contributed by atoms with Crippen LogP contribution in [0.25, 0.3) is 0 Å². The average molecular weight is 269 g/mol. The van der Waals surface area contributed by atoms with Gasteiger partial charge in [-0.15, -0.1) is 0 Å². The predicted octanol–water partition coefficient (Wildman–Crippen LogP) is 2.24. The van der Waals surface area contributed by atoms with Gasteiger partial charge >= 0.3 is 5.92 Å². The van der Waals surface area contributed by atoms with E-state index in [1.54, 1.807) is 18.2 Å². The van der Waals surface area contributed by atoms with Crippen LogP contribution in [0.2, 0.25) is 0 Å². The van der Waals surface area contributed by atoms with Crippen LogP contribution in [0.15, 0.2) is 23.2 Å². The van der Waals surface area contributed by atoms with Crippen molar-refractivity contribution in [2.24, 2.45) is 10.7 Å². The fraction of sp³-hybridized carbons (Fsp3) is 0.462. The molecule has 4 N–H and O–H groups in total. The van der Waals surface area contributed by atoms with Crippen molar-refractivity contribution >= 4 is 11.7 Å². The summed E-state index contributed by atoms with van der Waals surface area (Å²) < 4.78 is 32.5. The van der Waals surface area contributed by atoms with E-state index in [0.717, 1.165) is 12.0 Å². The summed E-state index contributed by atoms with van der Waals surface area (Å²) in [5.41, 5.74) is 12.8. The summed E-state index contributed by atoms with van der Waals surface area (Å²) in [4.78, 5) is 3.76. The van der Waals surface area contributed by atoms with E-state index in [9.17, 15) is 8.78 Å². The molecule has 0 saturated heterocycles. The number of nitrogens with zero attached hydrogens (tertiary/aromatic N) is 1. The molecule has 1 unspecified atom stereocenters. The lowest BCUT2D eigenvalue weighted by atomic mass is 9.93. The van der Waals surface area contributed by atoms with E-state index in [0.29, 0.717) is 17.7 Å². The van der Waals surface area contributed by atoms with Crippen molar-refractivity contribution in [1.82, 2.24) is 0 Å². The lowest BCUT2D eigenvalue weighted by Gasteiger charge is -2.29. The topological polar surface area (TPSA) is 73.6 Å². The largest absolute Gasteiger partial charge is 0.459 e. The Morgan fingerprint density at radius 3 is 2.84 bits per heavy atom. The van der Waals surface area contributed by atoms with E-state index >= 15 is 0 Å². The van der Waals surface area contributed by atoms with E-state index in [1.165, 1.54) is 0 Å². The number of anilines is 1. The van der Waals surface area contributed by atoms with Gasteiger partial charge in [0.2, 0.25) is 0 Å². The van der Waals surface area contributed by atoms with Gasteiger partial charge in [0.25, 0.3) is 6.02 Å². The molecule has 1 aliphatic heterocycles. The fourth-order valence-electron chi connectivity index (χ4n) is 2.17. The number of nitrogen functional groups attached to an aromatic ring is 1. The Labute approximate surface area is 110 Å². The average Bonchev–Trinajstić information content (AvgIpc) is 2.35. The number of ether oxygens (including phenoxy) is 1. The molecule has 0 saturated carbocycles. The maximum atomic E-state index is 14.0. The van der Waals surface area contributed by atoms with Crippen molar-refractivity contribution in [2.45, 2.75) is 31.7 Å². The standard InChI is InChI=1S/C13H17F2N3O/c1-2-3-8-4-5-9(16)6-10(8)11-13(14,15)7-19-12(17)18-11/h4-6,11H,2-3,7,16H2,1H3,(H2,17,18). The highest BCUT2D eigenvalue weighted by atomic mass is 19.3. The summed E-state index contributed by atoms with van der Waals surface area (Å²) >= 11 is 0. The van der Waals surface area contributed by atoms with Gasteiger partial charge in [-0.1, -0.05) is 19.4 Å². The highest BCUT2D eigenvalue weighted by Gasteiger charge is 2.45. The normalized spacial score (nSPS) is 21.6. The molecule has 6 heteroatoms. The van der Waals surface area contributed by atoms with Crippen LogP contribution in [0.1, 0.15) is 30.5 Å². The monoisotopic (exact) mass is 269 g/mol. The van der Waals surface area contributed by atoms with Gasteiger partial charge in [0.05, 0.1) is 0 Å². The Morgan fingerprint density at radius 2 is 2.16 bits per heavy atom. The number of benzene rings is 1. The zero-order valence-corrected chi connectivity index (χ0v) is 10.7. The van der Waals surface area contributed by atoms with Crippen LogP contribution < -0.4 is 11.5 Å². The van der Waals surface area contributed by atoms with E-state index in [1.807, 2.05) is 6.92 Å². The Morgan fingerprint density at radius 1 is 1.42 bits per heavy atom. The Kier molecular flexibility index (Phi) is 3.59. The molecule has 1 aromatic rings. The molecule has 1 heterocycles. The minimum Gasteiger partial charge on any atom is -0.459 e. The van der Waals surface area contributed by atoms with Crippen LogP contribution in [-0.2, 0) is 11.2 Å². The second kappa shape index (κ2) is 5.03. The van der Waals surface area contributed by atoms with Gasteiger partial charge in [0.1, 0.15) is 6.04 Å². The highest BCUT2D eigenvalue weighted by molar-refractivity contribution is 5.72. The van der Waals surface area contributed by atoms with Gasteiger partial charge in [-0.3, -0.25) is 0 Å². The highest BCUT2D eigenvalue weighted by Crippen LogP contribution is 2.39. The van der Waals surface area contributed by atoms with Crippen LogP contribution >= 0.6 is 0 Å². The molecule has 19 heavy (non-hydrogen) atoms. The zero-order chi connectivity index (χ0) is 14.0. The summed E-state index contributed by atoms with van der Waals surface area (Å²) in [7, 11) is 0. The van der Waals surface area contributed by atoms with Crippen LogP contribution in [0.5, 0.6) is 0 Å². The van der Waals surface area contributed by atoms with Crippen LogP contribution in [0.3, 0.4) is 0 Å². The molecule has 0 bridgehead atoms. The first-order valence-electron chi connectivity index (χ1n) is 6.16. The molecule has 1 aliphatic rings. The van der Waals surface area contributed by atoms with Gasteiger partial charge in [0, 0.05) is 5.69 Å². The lowest BCUT2D eigenvalue weighted by molar-refractivity contribution is -0.0783. The lowest BCUT2D eigenvalue weighted by Crippen LogP contribution is -2.40. The van der Waals surface area contributed by atoms with Crippen molar-refractivity contribution in [2.75, 3.05) is 12.3 Å². The third kappa shape index (κ3) is 2.77. The molecular formula is C13H17F2N3O. The molecular weight excluding hydrogens is 252 g/mol. The molecule has 0 fully saturated rings. The molecule has 2 rings (SSSR count). The van der Waals surface area contributed by atoms with E-state index in [2.05, 4.69) is 9.73 Å². The van der Waals surface area contributed by atoms with Crippen molar-refractivity contribution in [3.63, 3.8) is 0 Å². The molecule has 1 aromatic carbocycles. The molecule has 104 valence electrons. The van der Waals surface area contributed by atoms with Crippen molar-refractivity contribution in [3.8, 4) is 0 Å². The maximum absolute atomic E-state index is 14.0. The molecule has 0 aromatic heterocycles. The smallest absolute Gasteiger partial charge is 0.307 e. The summed E-state index contributed by atoms with van der Waals surface area (Å²) in [6.07, 6.45) is 1.55. The van der Waals surface area contributed by atoms with Crippen molar-refractivity contribution in [1.29, 1.82) is 0 Å². The first-order valence-corrected chi connectivity index (χ1v) is 6.16. The Bertz CT molecular complexity index is 503. The number of nitrogens with two attached hydrogens (primary N) is 2. The zero-order valence-electron chi connectivity index (χ0n) is 10.7. The minimum atomic E-state index is -3.08. The summed E-state index contributed by atoms with van der Waals surface area (Å²) in [5.74, 6) is -3.08. The summed E-state index contributed by atoms with van der Waals surface area (Å²) in [6.45, 7) is 1.23. The Hall–Kier alpha value is -1.85. The van der Waals surface area contributed by atoms with Crippen LogP contribution in [0.4, 0.5) is 14.5 Å². The predicted molar refractivity (Wildman–Crippen MR) is 70.1 cm³/mol. The second-order valence-electron chi connectivity index (χ2n) is 4.63. The maximum Gasteiger partial charge on any atom is 0.307 e. The number of aryl methyl sites for hydroxylation is 1. The third-order valence-corrected chi connectivity index (χ3v) is 3.05. The summed E-state index contributed by atoms with van der Waals surface area (Å²) in [6, 6.07) is 3.49. The van der Waals surface area contributed by atoms with Gasteiger partial charge in [-0.05, 0) is 29.7 Å². The molecule has 0 amide bonds. The minimum absolute atomic E-state index is 0.208. The van der Waals surface area contributed by atoms with Gasteiger partial charge in [0.15, 0.2) is 6.61 Å². The fourth-order valence-corrected chi connectivity index (χ4v) is 2.17. The van der Waals surface area contributed by atoms with Gasteiger partial charge in [-0.25, -0.2) is 13.8 Å². The molecule has 0 radical (unpaired) electrons. The van der Waals surface area contributed by atoms with Gasteiger partial charge in [-0.2, -0.15) is 0 Å². The molecule has 0 spiro atoms.